The highest BCUT2D eigenvalue weighted by molar-refractivity contribution is 5.68. The van der Waals surface area contributed by atoms with E-state index >= 15 is 0 Å². The van der Waals surface area contributed by atoms with Gasteiger partial charge in [0.15, 0.2) is 0 Å². The van der Waals surface area contributed by atoms with E-state index in [1.807, 2.05) is 20.8 Å². The van der Waals surface area contributed by atoms with E-state index in [4.69, 9.17) is 4.74 Å². The predicted octanol–water partition coefficient (Wildman–Crippen LogP) is 3.21. The Hall–Kier alpha value is -0.770. The summed E-state index contributed by atoms with van der Waals surface area (Å²) in [6.07, 6.45) is 8.55. The second-order valence-corrected chi connectivity index (χ2v) is 7.27. The predicted molar refractivity (Wildman–Crippen MR) is 80.8 cm³/mol. The summed E-state index contributed by atoms with van der Waals surface area (Å²) in [7, 11) is 0. The minimum Gasteiger partial charge on any atom is -0.444 e. The summed E-state index contributed by atoms with van der Waals surface area (Å²) in [5, 5.41) is 6.74. The highest BCUT2D eigenvalue weighted by Gasteiger charge is 2.34. The molecule has 116 valence electrons. The van der Waals surface area contributed by atoms with Crippen molar-refractivity contribution < 1.29 is 9.53 Å². The molecule has 0 aromatic rings. The van der Waals surface area contributed by atoms with E-state index in [1.54, 1.807) is 0 Å². The van der Waals surface area contributed by atoms with Gasteiger partial charge in [-0.05, 0) is 58.9 Å². The Morgan fingerprint density at radius 1 is 1.10 bits per heavy atom. The van der Waals surface area contributed by atoms with E-state index < -0.39 is 5.60 Å². The van der Waals surface area contributed by atoms with Crippen molar-refractivity contribution in [2.24, 2.45) is 5.92 Å². The summed E-state index contributed by atoms with van der Waals surface area (Å²) in [5.41, 5.74) is -0.424. The molecule has 2 fully saturated rings. The van der Waals surface area contributed by atoms with Gasteiger partial charge in [0.05, 0.1) is 0 Å². The molecule has 2 unspecified atom stereocenters. The first-order valence-electron chi connectivity index (χ1n) is 8.18. The molecule has 1 heterocycles. The summed E-state index contributed by atoms with van der Waals surface area (Å²) >= 11 is 0. The summed E-state index contributed by atoms with van der Waals surface area (Å²) in [5.74, 6) is 0.712. The zero-order valence-electron chi connectivity index (χ0n) is 13.2. The van der Waals surface area contributed by atoms with Crippen molar-refractivity contribution in [3.63, 3.8) is 0 Å². The van der Waals surface area contributed by atoms with Gasteiger partial charge < -0.3 is 15.4 Å². The first-order valence-corrected chi connectivity index (χ1v) is 8.18. The van der Waals surface area contributed by atoms with Crippen molar-refractivity contribution in [3.8, 4) is 0 Å². The second kappa shape index (κ2) is 6.79. The maximum absolute atomic E-state index is 12.0. The van der Waals surface area contributed by atoms with Crippen LogP contribution >= 0.6 is 0 Å². The van der Waals surface area contributed by atoms with Crippen molar-refractivity contribution in [2.45, 2.75) is 83.4 Å². The van der Waals surface area contributed by atoms with Crippen LogP contribution in [0, 0.1) is 5.92 Å². The van der Waals surface area contributed by atoms with Gasteiger partial charge in [-0.2, -0.15) is 0 Å². The SMILES string of the molecule is CC(C)(C)OC(=O)NC1CCCNC1C1CCCCC1. The highest BCUT2D eigenvalue weighted by Crippen LogP contribution is 2.30. The van der Waals surface area contributed by atoms with Gasteiger partial charge in [0.25, 0.3) is 0 Å². The van der Waals surface area contributed by atoms with Gasteiger partial charge in [0.1, 0.15) is 5.60 Å². The molecule has 1 amide bonds. The molecule has 0 aromatic carbocycles. The molecule has 1 saturated heterocycles. The van der Waals surface area contributed by atoms with Gasteiger partial charge in [-0.25, -0.2) is 4.79 Å². The Bertz CT molecular complexity index is 319. The zero-order chi connectivity index (χ0) is 14.6. The number of hydrogen-bond acceptors (Lipinski definition) is 3. The number of rotatable bonds is 2. The van der Waals surface area contributed by atoms with E-state index in [2.05, 4.69) is 10.6 Å². The second-order valence-electron chi connectivity index (χ2n) is 7.27. The Kier molecular flexibility index (Phi) is 5.30. The molecular formula is C16H30N2O2. The lowest BCUT2D eigenvalue weighted by molar-refractivity contribution is 0.0462. The largest absolute Gasteiger partial charge is 0.444 e. The number of nitrogens with one attached hydrogen (secondary N) is 2. The van der Waals surface area contributed by atoms with Crippen molar-refractivity contribution in [1.29, 1.82) is 0 Å². The van der Waals surface area contributed by atoms with Crippen LogP contribution in [-0.2, 0) is 4.74 Å². The van der Waals surface area contributed by atoms with Crippen LogP contribution in [0.5, 0.6) is 0 Å². The molecular weight excluding hydrogens is 252 g/mol. The van der Waals surface area contributed by atoms with Crippen molar-refractivity contribution >= 4 is 6.09 Å². The van der Waals surface area contributed by atoms with E-state index in [1.165, 1.54) is 32.1 Å². The number of alkyl carbamates (subject to hydrolysis) is 1. The van der Waals surface area contributed by atoms with Crippen molar-refractivity contribution in [2.75, 3.05) is 6.54 Å². The Morgan fingerprint density at radius 3 is 2.45 bits per heavy atom. The molecule has 0 bridgehead atoms. The average Bonchev–Trinajstić information content (AvgIpc) is 2.38. The lowest BCUT2D eigenvalue weighted by Crippen LogP contribution is -2.57. The minimum absolute atomic E-state index is 0.224. The van der Waals surface area contributed by atoms with E-state index in [0.717, 1.165) is 19.4 Å². The smallest absolute Gasteiger partial charge is 0.407 e. The first kappa shape index (κ1) is 15.6. The van der Waals surface area contributed by atoms with Crippen LogP contribution in [0.4, 0.5) is 4.79 Å². The summed E-state index contributed by atoms with van der Waals surface area (Å²) in [4.78, 5) is 12.0. The number of hydrogen-bond donors (Lipinski definition) is 2. The van der Waals surface area contributed by atoms with E-state index in [9.17, 15) is 4.79 Å². The molecule has 4 nitrogen and oxygen atoms in total. The molecule has 2 N–H and O–H groups in total. The molecule has 4 heteroatoms. The van der Waals surface area contributed by atoms with Gasteiger partial charge in [0, 0.05) is 12.1 Å². The number of carbonyl (C=O) groups is 1. The maximum Gasteiger partial charge on any atom is 0.407 e. The van der Waals surface area contributed by atoms with Crippen molar-refractivity contribution in [3.05, 3.63) is 0 Å². The van der Waals surface area contributed by atoms with Crippen LogP contribution < -0.4 is 10.6 Å². The molecule has 0 spiro atoms. The van der Waals surface area contributed by atoms with Gasteiger partial charge >= 0.3 is 6.09 Å². The average molecular weight is 282 g/mol. The molecule has 1 aliphatic carbocycles. The monoisotopic (exact) mass is 282 g/mol. The van der Waals surface area contributed by atoms with Crippen LogP contribution in [0.15, 0.2) is 0 Å². The van der Waals surface area contributed by atoms with Crippen molar-refractivity contribution in [1.82, 2.24) is 10.6 Å². The number of amides is 1. The first-order chi connectivity index (χ1) is 9.46. The number of piperidine rings is 1. The highest BCUT2D eigenvalue weighted by atomic mass is 16.6. The Morgan fingerprint density at radius 2 is 1.80 bits per heavy atom. The topological polar surface area (TPSA) is 50.4 Å². The zero-order valence-corrected chi connectivity index (χ0v) is 13.2. The fourth-order valence-electron chi connectivity index (χ4n) is 3.52. The van der Waals surface area contributed by atoms with E-state index in [0.29, 0.717) is 12.0 Å². The molecule has 0 radical (unpaired) electrons. The summed E-state index contributed by atoms with van der Waals surface area (Å²) in [6.45, 7) is 6.80. The molecule has 1 saturated carbocycles. The van der Waals surface area contributed by atoms with Gasteiger partial charge in [-0.1, -0.05) is 19.3 Å². The third kappa shape index (κ3) is 4.65. The normalized spacial score (nSPS) is 28.9. The Labute approximate surface area is 123 Å². The quantitative estimate of drug-likeness (QED) is 0.817. The molecule has 2 aliphatic rings. The standard InChI is InChI=1S/C16H30N2O2/c1-16(2,3)20-15(19)18-13-10-7-11-17-14(13)12-8-5-4-6-9-12/h12-14,17H,4-11H2,1-3H3,(H,18,19). The van der Waals surface area contributed by atoms with E-state index in [-0.39, 0.29) is 12.1 Å². The lowest BCUT2D eigenvalue weighted by atomic mass is 9.79. The van der Waals surface area contributed by atoms with Gasteiger partial charge in [0.2, 0.25) is 0 Å². The lowest BCUT2D eigenvalue weighted by Gasteiger charge is -2.40. The fraction of sp³-hybridized carbons (Fsp3) is 0.938. The van der Waals surface area contributed by atoms with Crippen LogP contribution in [0.1, 0.15) is 65.7 Å². The number of carbonyl (C=O) groups excluding carboxylic acids is 1. The molecule has 2 rings (SSSR count). The third-order valence-electron chi connectivity index (χ3n) is 4.37. The van der Waals surface area contributed by atoms with Crippen LogP contribution in [0.3, 0.4) is 0 Å². The molecule has 2 atom stereocenters. The Balaban J connectivity index is 1.91. The van der Waals surface area contributed by atoms with Crippen LogP contribution in [0.2, 0.25) is 0 Å². The molecule has 0 aromatic heterocycles. The van der Waals surface area contributed by atoms with Gasteiger partial charge in [-0.3, -0.25) is 0 Å². The maximum atomic E-state index is 12.0. The summed E-state index contributed by atoms with van der Waals surface area (Å²) < 4.78 is 5.40. The number of ether oxygens (including phenoxy) is 1. The minimum atomic E-state index is -0.424. The molecule has 20 heavy (non-hydrogen) atoms. The van der Waals surface area contributed by atoms with Gasteiger partial charge in [-0.15, -0.1) is 0 Å². The summed E-state index contributed by atoms with van der Waals surface area (Å²) in [6, 6.07) is 0.651. The third-order valence-corrected chi connectivity index (χ3v) is 4.37. The van der Waals surface area contributed by atoms with Crippen LogP contribution in [-0.4, -0.2) is 30.3 Å². The van der Waals surface area contributed by atoms with Crippen LogP contribution in [0.25, 0.3) is 0 Å². The fourth-order valence-corrected chi connectivity index (χ4v) is 3.52. The molecule has 1 aliphatic heterocycles.